The zero-order valence-electron chi connectivity index (χ0n) is 20.5. The number of rotatable bonds is 19. The molecule has 0 aromatic heterocycles. The highest BCUT2D eigenvalue weighted by molar-refractivity contribution is 5.88. The minimum absolute atomic E-state index is 0.262. The van der Waals surface area contributed by atoms with Gasteiger partial charge in [0.15, 0.2) is 5.60 Å². The summed E-state index contributed by atoms with van der Waals surface area (Å²) in [5.74, 6) is -5.73. The molecule has 0 rings (SSSR count). The Balaban J connectivity index is 0. The molecule has 0 radical (unpaired) electrons. The van der Waals surface area contributed by atoms with Crippen LogP contribution in [0.25, 0.3) is 0 Å². The van der Waals surface area contributed by atoms with Crippen LogP contribution < -0.4 is 0 Å². The van der Waals surface area contributed by atoms with E-state index < -0.39 is 42.3 Å². The van der Waals surface area contributed by atoms with Gasteiger partial charge in [-0.05, 0) is 44.9 Å². The van der Waals surface area contributed by atoms with Crippen molar-refractivity contribution in [3.8, 4) is 0 Å². The molecule has 9 heteroatoms. The Hall–Kier alpha value is -3.20. The molecule has 5 N–H and O–H groups in total. The molecule has 0 aromatic rings. The van der Waals surface area contributed by atoms with Crippen LogP contribution in [-0.2, 0) is 19.2 Å². The van der Waals surface area contributed by atoms with Gasteiger partial charge in [-0.1, -0.05) is 68.4 Å². The van der Waals surface area contributed by atoms with Gasteiger partial charge in [-0.25, -0.2) is 4.79 Å². The van der Waals surface area contributed by atoms with Crippen molar-refractivity contribution in [1.29, 1.82) is 0 Å². The van der Waals surface area contributed by atoms with Crippen LogP contribution in [0.3, 0.4) is 0 Å². The summed E-state index contributed by atoms with van der Waals surface area (Å²) < 4.78 is 0. The van der Waals surface area contributed by atoms with Gasteiger partial charge in [0.2, 0.25) is 0 Å². The van der Waals surface area contributed by atoms with Crippen molar-refractivity contribution in [2.24, 2.45) is 0 Å². The first kappa shape index (κ1) is 34.0. The Morgan fingerprint density at radius 3 is 1.34 bits per heavy atom. The van der Waals surface area contributed by atoms with E-state index in [1.807, 2.05) is 0 Å². The second-order valence-electron chi connectivity index (χ2n) is 7.85. The van der Waals surface area contributed by atoms with Crippen LogP contribution >= 0.6 is 0 Å². The summed E-state index contributed by atoms with van der Waals surface area (Å²) >= 11 is 0. The Bertz CT molecular complexity index is 717. The number of unbranched alkanes of at least 4 members (excludes halogenated alkanes) is 4. The van der Waals surface area contributed by atoms with Gasteiger partial charge in [-0.3, -0.25) is 14.4 Å². The Kier molecular flexibility index (Phi) is 21.9. The molecule has 9 nitrogen and oxygen atoms in total. The maximum absolute atomic E-state index is 10.3. The molecule has 0 unspecified atom stereocenters. The molecular formula is C26H40O9. The van der Waals surface area contributed by atoms with E-state index in [2.05, 4.69) is 55.5 Å². The standard InChI is InChI=1S/C20H32O2.C6H8O7/c1-2-3-4-5-6-7-8-9-10-11-12-13-14-15-16-17-18-19-20(21)22;7-3(8)1-6(13,5(11)12)2-4(9)10/h6-7,9-10,12-13,15-16H,2-5,8,11,14,17-19H2,1H3,(H,21,22);13H,1-2H2,(H,7,8)(H,9,10)(H,11,12)/b7-6-,10-9-,13-12-,16-15-;. The SMILES string of the molecule is CCCCC/C=C\C/C=C\C/C=C\C/C=C\CCCC(=O)O.O=C(O)CC(O)(CC(=O)O)C(=O)O. The van der Waals surface area contributed by atoms with Gasteiger partial charge in [0.05, 0.1) is 12.8 Å². The molecule has 0 aliphatic rings. The fourth-order valence-electron chi connectivity index (χ4n) is 2.65. The molecule has 0 atom stereocenters. The van der Waals surface area contributed by atoms with E-state index in [-0.39, 0.29) is 6.42 Å². The van der Waals surface area contributed by atoms with Gasteiger partial charge in [0.1, 0.15) is 0 Å². The maximum Gasteiger partial charge on any atom is 0.336 e. The van der Waals surface area contributed by atoms with Crippen molar-refractivity contribution in [1.82, 2.24) is 0 Å². The van der Waals surface area contributed by atoms with Crippen LogP contribution in [0.5, 0.6) is 0 Å². The summed E-state index contributed by atoms with van der Waals surface area (Å²) in [6.07, 6.45) is 25.1. The van der Waals surface area contributed by atoms with Crippen molar-refractivity contribution >= 4 is 23.9 Å². The van der Waals surface area contributed by atoms with Crippen LogP contribution in [0.15, 0.2) is 48.6 Å². The predicted octanol–water partition coefficient (Wildman–Crippen LogP) is 4.97. The lowest BCUT2D eigenvalue weighted by Gasteiger charge is -2.18. The number of aliphatic hydroxyl groups is 1. The first-order chi connectivity index (χ1) is 16.5. The van der Waals surface area contributed by atoms with E-state index in [0.717, 1.165) is 32.1 Å². The van der Waals surface area contributed by atoms with Gasteiger partial charge in [-0.15, -0.1) is 0 Å². The molecule has 0 fully saturated rings. The second-order valence-corrected chi connectivity index (χ2v) is 7.85. The first-order valence-corrected chi connectivity index (χ1v) is 11.8. The van der Waals surface area contributed by atoms with Crippen molar-refractivity contribution < 1.29 is 44.7 Å². The number of hydrogen-bond donors (Lipinski definition) is 5. The smallest absolute Gasteiger partial charge is 0.336 e. The Morgan fingerprint density at radius 2 is 1.00 bits per heavy atom. The molecule has 0 aromatic carbocycles. The van der Waals surface area contributed by atoms with E-state index in [1.165, 1.54) is 25.7 Å². The van der Waals surface area contributed by atoms with E-state index in [4.69, 9.17) is 25.5 Å². The molecule has 0 saturated heterocycles. The average molecular weight is 497 g/mol. The topological polar surface area (TPSA) is 169 Å². The first-order valence-electron chi connectivity index (χ1n) is 11.8. The van der Waals surface area contributed by atoms with E-state index >= 15 is 0 Å². The summed E-state index contributed by atoms with van der Waals surface area (Å²) in [6.45, 7) is 2.23. The molecule has 0 aliphatic carbocycles. The lowest BCUT2D eigenvalue weighted by Crippen LogP contribution is -2.42. The van der Waals surface area contributed by atoms with Crippen molar-refractivity contribution in [3.05, 3.63) is 48.6 Å². The molecular weight excluding hydrogens is 456 g/mol. The summed E-state index contributed by atoms with van der Waals surface area (Å²) in [6, 6.07) is 0. The highest BCUT2D eigenvalue weighted by Gasteiger charge is 2.40. The number of aliphatic carboxylic acids is 4. The zero-order chi connectivity index (χ0) is 27.0. The quantitative estimate of drug-likeness (QED) is 0.122. The van der Waals surface area contributed by atoms with Gasteiger partial charge < -0.3 is 25.5 Å². The van der Waals surface area contributed by atoms with E-state index in [0.29, 0.717) is 0 Å². The molecule has 0 spiro atoms. The molecule has 0 bridgehead atoms. The van der Waals surface area contributed by atoms with Gasteiger partial charge in [0.25, 0.3) is 0 Å². The van der Waals surface area contributed by atoms with Crippen molar-refractivity contribution in [2.75, 3.05) is 0 Å². The highest BCUT2D eigenvalue weighted by Crippen LogP contribution is 2.15. The molecule has 0 heterocycles. The predicted molar refractivity (Wildman–Crippen MR) is 133 cm³/mol. The number of allylic oxidation sites excluding steroid dienone is 8. The largest absolute Gasteiger partial charge is 0.481 e. The van der Waals surface area contributed by atoms with Gasteiger partial charge in [0, 0.05) is 6.42 Å². The Morgan fingerprint density at radius 1 is 0.600 bits per heavy atom. The van der Waals surface area contributed by atoms with Crippen molar-refractivity contribution in [2.45, 2.75) is 89.6 Å². The minimum atomic E-state index is -2.74. The van der Waals surface area contributed by atoms with Crippen LogP contribution in [0.4, 0.5) is 0 Å². The summed E-state index contributed by atoms with van der Waals surface area (Å²) in [4.78, 5) is 40.8. The lowest BCUT2D eigenvalue weighted by molar-refractivity contribution is -0.170. The van der Waals surface area contributed by atoms with Crippen molar-refractivity contribution in [3.63, 3.8) is 0 Å². The summed E-state index contributed by atoms with van der Waals surface area (Å²) in [5, 5.41) is 42.3. The highest BCUT2D eigenvalue weighted by atomic mass is 16.4. The monoisotopic (exact) mass is 496 g/mol. The lowest BCUT2D eigenvalue weighted by atomic mass is 9.96. The fourth-order valence-corrected chi connectivity index (χ4v) is 2.65. The minimum Gasteiger partial charge on any atom is -0.481 e. The van der Waals surface area contributed by atoms with E-state index in [9.17, 15) is 19.2 Å². The second kappa shape index (κ2) is 22.6. The summed E-state index contributed by atoms with van der Waals surface area (Å²) in [5.41, 5.74) is -2.74. The third kappa shape index (κ3) is 25.3. The van der Waals surface area contributed by atoms with Gasteiger partial charge in [-0.2, -0.15) is 0 Å². The average Bonchev–Trinajstić information content (AvgIpc) is 2.75. The van der Waals surface area contributed by atoms with Crippen LogP contribution in [0.2, 0.25) is 0 Å². The fraction of sp³-hybridized carbons (Fsp3) is 0.538. The maximum atomic E-state index is 10.3. The van der Waals surface area contributed by atoms with E-state index in [1.54, 1.807) is 0 Å². The summed E-state index contributed by atoms with van der Waals surface area (Å²) in [7, 11) is 0. The normalized spacial score (nSPS) is 11.8. The van der Waals surface area contributed by atoms with Crippen LogP contribution in [0, 0.1) is 0 Å². The number of carboxylic acid groups (broad SMARTS) is 4. The van der Waals surface area contributed by atoms with Crippen LogP contribution in [0.1, 0.15) is 84.0 Å². The number of carboxylic acids is 4. The zero-order valence-corrected chi connectivity index (χ0v) is 20.5. The molecule has 35 heavy (non-hydrogen) atoms. The number of hydrogen-bond acceptors (Lipinski definition) is 5. The molecule has 0 amide bonds. The number of carbonyl (C=O) groups is 4. The third-order valence-corrected chi connectivity index (χ3v) is 4.50. The molecule has 0 saturated carbocycles. The Labute approximate surface area is 207 Å². The van der Waals surface area contributed by atoms with Crippen LogP contribution in [-0.4, -0.2) is 55.0 Å². The molecule has 198 valence electrons. The third-order valence-electron chi connectivity index (χ3n) is 4.50. The van der Waals surface area contributed by atoms with Gasteiger partial charge >= 0.3 is 23.9 Å². The molecule has 0 aliphatic heterocycles.